The van der Waals surface area contributed by atoms with Crippen molar-refractivity contribution in [2.24, 2.45) is 0 Å². The normalized spacial score (nSPS) is 11.1. The Morgan fingerprint density at radius 3 is 2.20 bits per heavy atom. The Hall–Kier alpha value is -2.30. The summed E-state index contributed by atoms with van der Waals surface area (Å²) in [6, 6.07) is 5.64. The van der Waals surface area contributed by atoms with E-state index in [0.29, 0.717) is 6.08 Å². The Kier molecular flexibility index (Phi) is 3.07. The number of carbonyl (C=O) groups is 2. The standard InChI is InChI=1S/C10H8O5/c11-8-4-2-1-3-6(8)7(10(14)15)5-9(12)13/h1-5,11H,(H,12,13)(H,14,15)/b7-5-. The first-order valence-corrected chi connectivity index (χ1v) is 3.98. The van der Waals surface area contributed by atoms with Crippen molar-refractivity contribution in [2.75, 3.05) is 0 Å². The molecule has 0 heterocycles. The molecule has 0 spiro atoms. The lowest BCUT2D eigenvalue weighted by Crippen LogP contribution is -2.03. The Bertz CT molecular complexity index is 433. The monoisotopic (exact) mass is 208 g/mol. The fourth-order valence-corrected chi connectivity index (χ4v) is 1.08. The summed E-state index contributed by atoms with van der Waals surface area (Å²) < 4.78 is 0. The highest BCUT2D eigenvalue weighted by Gasteiger charge is 2.15. The number of aromatic hydroxyl groups is 1. The molecule has 0 amide bonds. The third-order valence-electron chi connectivity index (χ3n) is 1.69. The summed E-state index contributed by atoms with van der Waals surface area (Å²) in [5.41, 5.74) is -0.479. The molecule has 0 aliphatic rings. The maximum Gasteiger partial charge on any atom is 0.336 e. The zero-order valence-corrected chi connectivity index (χ0v) is 7.54. The van der Waals surface area contributed by atoms with Gasteiger partial charge in [0.05, 0.1) is 5.57 Å². The van der Waals surface area contributed by atoms with Crippen LogP contribution in [0.1, 0.15) is 5.56 Å². The van der Waals surface area contributed by atoms with Gasteiger partial charge in [-0.05, 0) is 6.07 Å². The molecule has 0 unspecified atom stereocenters. The SMILES string of the molecule is O=C(O)/C=C(\C(=O)O)c1ccccc1O. The van der Waals surface area contributed by atoms with Gasteiger partial charge in [0.1, 0.15) is 5.75 Å². The van der Waals surface area contributed by atoms with E-state index in [1.54, 1.807) is 0 Å². The lowest BCUT2D eigenvalue weighted by atomic mass is 10.0. The second-order valence-electron chi connectivity index (χ2n) is 2.72. The Morgan fingerprint density at radius 1 is 1.13 bits per heavy atom. The first kappa shape index (κ1) is 10.8. The number of phenolic OH excluding ortho intramolecular Hbond substituents is 1. The van der Waals surface area contributed by atoms with Gasteiger partial charge in [0.25, 0.3) is 0 Å². The summed E-state index contributed by atoms with van der Waals surface area (Å²) in [5.74, 6) is -3.05. The summed E-state index contributed by atoms with van der Waals surface area (Å²) in [4.78, 5) is 21.1. The van der Waals surface area contributed by atoms with Gasteiger partial charge in [-0.3, -0.25) is 0 Å². The van der Waals surface area contributed by atoms with E-state index >= 15 is 0 Å². The van der Waals surface area contributed by atoms with Crippen molar-refractivity contribution in [1.82, 2.24) is 0 Å². The summed E-state index contributed by atoms with van der Waals surface area (Å²) in [7, 11) is 0. The molecule has 78 valence electrons. The molecule has 0 saturated heterocycles. The van der Waals surface area contributed by atoms with Crippen LogP contribution in [0, 0.1) is 0 Å². The maximum absolute atomic E-state index is 10.7. The molecule has 0 atom stereocenters. The predicted molar refractivity (Wildman–Crippen MR) is 51.4 cm³/mol. The van der Waals surface area contributed by atoms with Crippen molar-refractivity contribution >= 4 is 17.5 Å². The topological polar surface area (TPSA) is 94.8 Å². The molecular weight excluding hydrogens is 200 g/mol. The van der Waals surface area contributed by atoms with E-state index in [9.17, 15) is 14.7 Å². The summed E-state index contributed by atoms with van der Waals surface area (Å²) in [6.45, 7) is 0. The molecule has 0 saturated carbocycles. The molecule has 0 aliphatic carbocycles. The first-order chi connectivity index (χ1) is 7.02. The predicted octanol–water partition coefficient (Wildman–Crippen LogP) is 0.945. The Labute approximate surface area is 84.9 Å². The number of benzene rings is 1. The van der Waals surface area contributed by atoms with Crippen molar-refractivity contribution in [1.29, 1.82) is 0 Å². The van der Waals surface area contributed by atoms with E-state index in [0.717, 1.165) is 0 Å². The number of hydrogen-bond donors (Lipinski definition) is 3. The van der Waals surface area contributed by atoms with Crippen LogP contribution in [-0.2, 0) is 9.59 Å². The van der Waals surface area contributed by atoms with Gasteiger partial charge < -0.3 is 15.3 Å². The molecule has 5 heteroatoms. The number of carboxylic acid groups (broad SMARTS) is 2. The second kappa shape index (κ2) is 4.28. The molecular formula is C10H8O5. The minimum Gasteiger partial charge on any atom is -0.507 e. The van der Waals surface area contributed by atoms with Crippen molar-refractivity contribution in [3.63, 3.8) is 0 Å². The van der Waals surface area contributed by atoms with Crippen LogP contribution >= 0.6 is 0 Å². The van der Waals surface area contributed by atoms with Gasteiger partial charge in [-0.1, -0.05) is 18.2 Å². The molecule has 1 aromatic carbocycles. The van der Waals surface area contributed by atoms with E-state index < -0.39 is 17.5 Å². The highest BCUT2D eigenvalue weighted by atomic mass is 16.4. The van der Waals surface area contributed by atoms with Crippen molar-refractivity contribution in [2.45, 2.75) is 0 Å². The summed E-state index contributed by atoms with van der Waals surface area (Å²) in [5, 5.41) is 26.6. The van der Waals surface area contributed by atoms with Crippen LogP contribution in [0.15, 0.2) is 30.3 Å². The maximum atomic E-state index is 10.7. The zero-order valence-electron chi connectivity index (χ0n) is 7.54. The summed E-state index contributed by atoms with van der Waals surface area (Å²) in [6.07, 6.45) is 0.539. The molecule has 1 aromatic rings. The molecule has 0 fully saturated rings. The van der Waals surface area contributed by atoms with Crippen LogP contribution in [0.3, 0.4) is 0 Å². The lowest BCUT2D eigenvalue weighted by molar-refractivity contribution is -0.133. The number of carboxylic acids is 2. The van der Waals surface area contributed by atoms with Gasteiger partial charge in [-0.2, -0.15) is 0 Å². The van der Waals surface area contributed by atoms with Crippen molar-refractivity contribution in [3.05, 3.63) is 35.9 Å². The first-order valence-electron chi connectivity index (χ1n) is 3.98. The van der Waals surface area contributed by atoms with E-state index in [1.807, 2.05) is 0 Å². The number of aliphatic carboxylic acids is 2. The van der Waals surface area contributed by atoms with E-state index in [2.05, 4.69) is 0 Å². The number of para-hydroxylation sites is 1. The van der Waals surface area contributed by atoms with Gasteiger partial charge in [0.2, 0.25) is 0 Å². The van der Waals surface area contributed by atoms with Gasteiger partial charge in [-0.15, -0.1) is 0 Å². The molecule has 15 heavy (non-hydrogen) atoms. The average Bonchev–Trinajstić information content (AvgIpc) is 2.15. The molecule has 0 aliphatic heterocycles. The second-order valence-corrected chi connectivity index (χ2v) is 2.72. The van der Waals surface area contributed by atoms with Crippen LogP contribution in [0.4, 0.5) is 0 Å². The Balaban J connectivity index is 3.29. The zero-order chi connectivity index (χ0) is 11.4. The average molecular weight is 208 g/mol. The largest absolute Gasteiger partial charge is 0.507 e. The fraction of sp³-hybridized carbons (Fsp3) is 0. The number of phenols is 1. The molecule has 0 bridgehead atoms. The minimum atomic E-state index is -1.40. The minimum absolute atomic E-state index is 0.0209. The fourth-order valence-electron chi connectivity index (χ4n) is 1.08. The molecule has 1 rings (SSSR count). The lowest BCUT2D eigenvalue weighted by Gasteiger charge is -2.03. The van der Waals surface area contributed by atoms with Gasteiger partial charge in [0, 0.05) is 11.6 Å². The van der Waals surface area contributed by atoms with E-state index in [4.69, 9.17) is 10.2 Å². The number of rotatable bonds is 3. The quantitative estimate of drug-likeness (QED) is 0.642. The van der Waals surface area contributed by atoms with Gasteiger partial charge in [0.15, 0.2) is 0 Å². The molecule has 3 N–H and O–H groups in total. The van der Waals surface area contributed by atoms with Crippen molar-refractivity contribution < 1.29 is 24.9 Å². The highest BCUT2D eigenvalue weighted by Crippen LogP contribution is 2.24. The van der Waals surface area contributed by atoms with Crippen LogP contribution in [0.25, 0.3) is 5.57 Å². The molecule has 0 aromatic heterocycles. The van der Waals surface area contributed by atoms with E-state index in [1.165, 1.54) is 24.3 Å². The van der Waals surface area contributed by atoms with Gasteiger partial charge >= 0.3 is 11.9 Å². The summed E-state index contributed by atoms with van der Waals surface area (Å²) >= 11 is 0. The van der Waals surface area contributed by atoms with Crippen LogP contribution in [0.5, 0.6) is 5.75 Å². The molecule has 5 nitrogen and oxygen atoms in total. The Morgan fingerprint density at radius 2 is 1.73 bits per heavy atom. The van der Waals surface area contributed by atoms with E-state index in [-0.39, 0.29) is 11.3 Å². The van der Waals surface area contributed by atoms with Crippen molar-refractivity contribution in [3.8, 4) is 5.75 Å². The number of hydrogen-bond acceptors (Lipinski definition) is 3. The smallest absolute Gasteiger partial charge is 0.336 e. The third kappa shape index (κ3) is 2.57. The van der Waals surface area contributed by atoms with Gasteiger partial charge in [-0.25, -0.2) is 9.59 Å². The third-order valence-corrected chi connectivity index (χ3v) is 1.69. The van der Waals surface area contributed by atoms with Crippen LogP contribution < -0.4 is 0 Å². The highest BCUT2D eigenvalue weighted by molar-refractivity contribution is 6.20. The molecule has 0 radical (unpaired) electrons. The van der Waals surface area contributed by atoms with Crippen LogP contribution in [-0.4, -0.2) is 27.3 Å². The van der Waals surface area contributed by atoms with Crippen LogP contribution in [0.2, 0.25) is 0 Å².